The van der Waals surface area contributed by atoms with Crippen LogP contribution in [0.3, 0.4) is 0 Å². The lowest BCUT2D eigenvalue weighted by Gasteiger charge is -2.09. The van der Waals surface area contributed by atoms with Crippen LogP contribution in [0.25, 0.3) is 0 Å². The molecule has 0 radical (unpaired) electrons. The summed E-state index contributed by atoms with van der Waals surface area (Å²) >= 11 is 5.88. The molecule has 2 aromatic carbocycles. The van der Waals surface area contributed by atoms with Crippen LogP contribution in [0.5, 0.6) is 0 Å². The molecule has 0 saturated carbocycles. The van der Waals surface area contributed by atoms with Gasteiger partial charge < -0.3 is 10.6 Å². The van der Waals surface area contributed by atoms with Crippen molar-refractivity contribution >= 4 is 34.6 Å². The van der Waals surface area contributed by atoms with E-state index >= 15 is 0 Å². The normalized spacial score (nSPS) is 10.2. The molecular weight excluding hydrogens is 330 g/mol. The molecule has 0 aliphatic rings. The van der Waals surface area contributed by atoms with Crippen molar-refractivity contribution in [1.29, 1.82) is 0 Å². The van der Waals surface area contributed by atoms with Crippen molar-refractivity contribution in [3.63, 3.8) is 0 Å². The van der Waals surface area contributed by atoms with E-state index in [0.29, 0.717) is 24.4 Å². The summed E-state index contributed by atoms with van der Waals surface area (Å²) in [6, 6.07) is 11.5. The molecule has 0 heterocycles. The van der Waals surface area contributed by atoms with E-state index < -0.39 is 4.92 Å². The van der Waals surface area contributed by atoms with Gasteiger partial charge in [0, 0.05) is 41.5 Å². The molecule has 0 atom stereocenters. The minimum atomic E-state index is -0.438. The molecule has 2 N–H and O–H groups in total. The van der Waals surface area contributed by atoms with Crippen LogP contribution in [-0.2, 0) is 4.79 Å². The third kappa shape index (κ3) is 5.24. The van der Waals surface area contributed by atoms with Crippen molar-refractivity contribution in [2.45, 2.75) is 19.8 Å². The van der Waals surface area contributed by atoms with Gasteiger partial charge in [-0.2, -0.15) is 0 Å². The fourth-order valence-electron chi connectivity index (χ4n) is 2.16. The summed E-state index contributed by atoms with van der Waals surface area (Å²) in [6.07, 6.45) is 1.03. The van der Waals surface area contributed by atoms with E-state index in [9.17, 15) is 14.9 Å². The highest BCUT2D eigenvalue weighted by Crippen LogP contribution is 2.20. The number of carbonyl (C=O) groups is 1. The summed E-state index contributed by atoms with van der Waals surface area (Å²) in [7, 11) is 0. The zero-order valence-electron chi connectivity index (χ0n) is 13.2. The number of nitrogens with one attached hydrogen (secondary N) is 2. The van der Waals surface area contributed by atoms with Crippen LogP contribution in [0, 0.1) is 17.0 Å². The first-order valence-electron chi connectivity index (χ1n) is 7.50. The number of anilines is 2. The summed E-state index contributed by atoms with van der Waals surface area (Å²) in [5, 5.41) is 17.2. The van der Waals surface area contributed by atoms with Crippen molar-refractivity contribution in [1.82, 2.24) is 0 Å². The summed E-state index contributed by atoms with van der Waals surface area (Å²) in [4.78, 5) is 22.1. The van der Waals surface area contributed by atoms with Gasteiger partial charge in [0.15, 0.2) is 0 Å². The van der Waals surface area contributed by atoms with Gasteiger partial charge in [-0.3, -0.25) is 14.9 Å². The second kappa shape index (κ2) is 8.31. The lowest BCUT2D eigenvalue weighted by Crippen LogP contribution is -2.14. The number of non-ortho nitro benzene ring substituents is 1. The van der Waals surface area contributed by atoms with E-state index in [1.165, 1.54) is 12.1 Å². The van der Waals surface area contributed by atoms with Gasteiger partial charge in [-0.1, -0.05) is 11.6 Å². The Labute approximate surface area is 145 Å². The molecule has 1 amide bonds. The average molecular weight is 348 g/mol. The highest BCUT2D eigenvalue weighted by molar-refractivity contribution is 6.30. The summed E-state index contributed by atoms with van der Waals surface area (Å²) in [6.45, 7) is 2.49. The first-order chi connectivity index (χ1) is 11.5. The van der Waals surface area contributed by atoms with Gasteiger partial charge in [0.25, 0.3) is 5.69 Å². The Morgan fingerprint density at radius 1 is 1.21 bits per heavy atom. The zero-order valence-corrected chi connectivity index (χ0v) is 14.0. The summed E-state index contributed by atoms with van der Waals surface area (Å²) in [5.74, 6) is -0.0640. The molecule has 0 spiro atoms. The van der Waals surface area contributed by atoms with Gasteiger partial charge in [0.2, 0.25) is 5.91 Å². The topological polar surface area (TPSA) is 84.3 Å². The minimum absolute atomic E-state index is 0.0539. The maximum absolute atomic E-state index is 11.9. The molecule has 2 rings (SSSR count). The van der Waals surface area contributed by atoms with Crippen LogP contribution in [0.2, 0.25) is 5.02 Å². The van der Waals surface area contributed by atoms with Crippen molar-refractivity contribution in [2.75, 3.05) is 17.2 Å². The second-order valence-electron chi connectivity index (χ2n) is 5.34. The number of benzene rings is 2. The first kappa shape index (κ1) is 17.7. The second-order valence-corrected chi connectivity index (χ2v) is 5.78. The third-order valence-corrected chi connectivity index (χ3v) is 3.69. The number of aryl methyl sites for hydroxylation is 1. The largest absolute Gasteiger partial charge is 0.385 e. The van der Waals surface area contributed by atoms with Crippen LogP contribution in [0.15, 0.2) is 42.5 Å². The molecule has 126 valence electrons. The number of carbonyl (C=O) groups excluding carboxylic acids is 1. The smallest absolute Gasteiger partial charge is 0.269 e. The Kier molecular flexibility index (Phi) is 6.14. The van der Waals surface area contributed by atoms with Gasteiger partial charge in [-0.05, 0) is 49.2 Å². The van der Waals surface area contributed by atoms with E-state index in [0.717, 1.165) is 16.9 Å². The third-order valence-electron chi connectivity index (χ3n) is 3.45. The predicted molar refractivity (Wildman–Crippen MR) is 95.6 cm³/mol. The van der Waals surface area contributed by atoms with Crippen LogP contribution < -0.4 is 10.6 Å². The fourth-order valence-corrected chi connectivity index (χ4v) is 2.39. The number of hydrogen-bond donors (Lipinski definition) is 2. The molecular formula is C17H18ClN3O3. The number of halogens is 1. The van der Waals surface area contributed by atoms with E-state index in [4.69, 9.17) is 11.6 Å². The Bertz CT molecular complexity index is 732. The highest BCUT2D eigenvalue weighted by Gasteiger charge is 2.06. The molecule has 0 bridgehead atoms. The quantitative estimate of drug-likeness (QED) is 0.442. The van der Waals surface area contributed by atoms with Crippen molar-refractivity contribution in [3.8, 4) is 0 Å². The predicted octanol–water partition coefficient (Wildman–Crippen LogP) is 4.39. The van der Waals surface area contributed by atoms with Crippen LogP contribution in [0.4, 0.5) is 17.1 Å². The monoisotopic (exact) mass is 347 g/mol. The minimum Gasteiger partial charge on any atom is -0.385 e. The molecule has 0 saturated heterocycles. The highest BCUT2D eigenvalue weighted by atomic mass is 35.5. The van der Waals surface area contributed by atoms with Crippen LogP contribution in [-0.4, -0.2) is 17.4 Å². The van der Waals surface area contributed by atoms with E-state index in [2.05, 4.69) is 10.6 Å². The van der Waals surface area contributed by atoms with E-state index in [1.54, 1.807) is 30.3 Å². The van der Waals surface area contributed by atoms with Gasteiger partial charge in [0.05, 0.1) is 4.92 Å². The molecule has 6 nitrogen and oxygen atoms in total. The number of nitro benzene ring substituents is 1. The molecule has 0 fully saturated rings. The number of nitrogens with zero attached hydrogens (tertiary/aromatic N) is 1. The molecule has 0 aliphatic heterocycles. The maximum Gasteiger partial charge on any atom is 0.269 e. The number of rotatable bonds is 7. The van der Waals surface area contributed by atoms with Crippen molar-refractivity contribution in [3.05, 3.63) is 63.2 Å². The Morgan fingerprint density at radius 2 is 1.92 bits per heavy atom. The zero-order chi connectivity index (χ0) is 17.5. The Hall–Kier alpha value is -2.60. The van der Waals surface area contributed by atoms with Gasteiger partial charge >= 0.3 is 0 Å². The number of nitro groups is 1. The first-order valence-corrected chi connectivity index (χ1v) is 7.88. The van der Waals surface area contributed by atoms with Gasteiger partial charge in [0.1, 0.15) is 0 Å². The Morgan fingerprint density at radius 3 is 2.54 bits per heavy atom. The summed E-state index contributed by atoms with van der Waals surface area (Å²) in [5.41, 5.74) is 2.51. The van der Waals surface area contributed by atoms with Gasteiger partial charge in [-0.25, -0.2) is 0 Å². The van der Waals surface area contributed by atoms with Crippen molar-refractivity contribution in [2.24, 2.45) is 0 Å². The molecule has 0 unspecified atom stereocenters. The molecule has 0 aliphatic carbocycles. The fraction of sp³-hybridized carbons (Fsp3) is 0.235. The van der Waals surface area contributed by atoms with Crippen LogP contribution in [0.1, 0.15) is 18.4 Å². The Balaban J connectivity index is 1.73. The van der Waals surface area contributed by atoms with Crippen LogP contribution >= 0.6 is 11.6 Å². The molecule has 24 heavy (non-hydrogen) atoms. The van der Waals surface area contributed by atoms with E-state index in [-0.39, 0.29) is 11.6 Å². The molecule has 2 aromatic rings. The standard InChI is InChI=1S/C17H18ClN3O3/c1-12-11-13(18)4-9-16(12)20-17(22)3-2-10-19-14-5-7-15(8-6-14)21(23)24/h4-9,11,19H,2-3,10H2,1H3,(H,20,22). The van der Waals surface area contributed by atoms with E-state index in [1.807, 2.05) is 6.92 Å². The van der Waals surface area contributed by atoms with Gasteiger partial charge in [-0.15, -0.1) is 0 Å². The lowest BCUT2D eigenvalue weighted by molar-refractivity contribution is -0.384. The molecule has 0 aromatic heterocycles. The van der Waals surface area contributed by atoms with Crippen molar-refractivity contribution < 1.29 is 9.72 Å². The summed E-state index contributed by atoms with van der Waals surface area (Å²) < 4.78 is 0. The lowest BCUT2D eigenvalue weighted by atomic mass is 10.2. The SMILES string of the molecule is Cc1cc(Cl)ccc1NC(=O)CCCNc1ccc([N+](=O)[O-])cc1. The maximum atomic E-state index is 11.9. The average Bonchev–Trinajstić information content (AvgIpc) is 2.55. The number of hydrogen-bond acceptors (Lipinski definition) is 4. The molecule has 7 heteroatoms. The number of amides is 1.